The van der Waals surface area contributed by atoms with Gasteiger partial charge in [0.2, 0.25) is 0 Å². The average molecular weight is 724 g/mol. The number of anilines is 3. The molecule has 57 heavy (non-hydrogen) atoms. The van der Waals surface area contributed by atoms with Crippen molar-refractivity contribution in [3.63, 3.8) is 0 Å². The van der Waals surface area contributed by atoms with Crippen LogP contribution >= 0.6 is 0 Å². The smallest absolute Gasteiger partial charge is 0.0726 e. The van der Waals surface area contributed by atoms with Crippen LogP contribution in [0, 0.1) is 0 Å². The molecule has 9 aromatic carbocycles. The number of hydrogen-bond acceptors (Lipinski definition) is 1. The Labute approximate surface area is 333 Å². The number of nitrogens with zero attached hydrogens (tertiary/aromatic N) is 1. The van der Waals surface area contributed by atoms with Gasteiger partial charge in [0.1, 0.15) is 0 Å². The predicted molar refractivity (Wildman–Crippen MR) is 235 cm³/mol. The number of fused-ring (bicyclic) bond motifs is 13. The van der Waals surface area contributed by atoms with Gasteiger partial charge in [0.15, 0.2) is 0 Å². The third kappa shape index (κ3) is 4.18. The third-order valence-corrected chi connectivity index (χ3v) is 13.0. The Bertz CT molecular complexity index is 2910. The summed E-state index contributed by atoms with van der Waals surface area (Å²) >= 11 is 0. The van der Waals surface area contributed by atoms with Crippen LogP contribution in [-0.4, -0.2) is 0 Å². The van der Waals surface area contributed by atoms with Gasteiger partial charge in [-0.3, -0.25) is 0 Å². The molecule has 0 aliphatic heterocycles. The number of hydrogen-bond donors (Lipinski definition) is 0. The average Bonchev–Trinajstić information content (AvgIpc) is 3.88. The monoisotopic (exact) mass is 723 g/mol. The zero-order valence-electron chi connectivity index (χ0n) is 31.3. The molecule has 3 aliphatic rings. The Hall–Kier alpha value is -7.22. The molecule has 0 saturated carbocycles. The molecule has 1 heteroatoms. The minimum absolute atomic E-state index is 0.432. The van der Waals surface area contributed by atoms with Crippen molar-refractivity contribution in [2.24, 2.45) is 0 Å². The van der Waals surface area contributed by atoms with Crippen molar-refractivity contribution in [1.29, 1.82) is 0 Å². The van der Waals surface area contributed by atoms with Crippen LogP contribution in [0.25, 0.3) is 33.4 Å². The standard InChI is InChI=1S/C56H37N/c1-4-19-38(20-5-1)55(39-21-6-2-7-22-39)50-32-17-13-28-46(50)54-51(55)33-18-34-53(54)57(40-23-8-3-9-24-40)41-35-36-45-44-27-12-16-31-49(44)56(52(45)37-41)47-29-14-10-25-42(47)43-26-11-15-30-48(43)56/h1-37H. The van der Waals surface area contributed by atoms with Gasteiger partial charge in [0.05, 0.1) is 16.5 Å². The van der Waals surface area contributed by atoms with E-state index in [9.17, 15) is 0 Å². The van der Waals surface area contributed by atoms with E-state index in [-0.39, 0.29) is 0 Å². The van der Waals surface area contributed by atoms with Crippen LogP contribution < -0.4 is 4.90 Å². The molecule has 12 rings (SSSR count). The molecule has 0 aromatic heterocycles. The molecule has 266 valence electrons. The van der Waals surface area contributed by atoms with E-state index in [1.165, 1.54) is 77.9 Å². The van der Waals surface area contributed by atoms with Crippen molar-refractivity contribution >= 4 is 17.1 Å². The van der Waals surface area contributed by atoms with Gasteiger partial charge in [0, 0.05) is 16.9 Å². The van der Waals surface area contributed by atoms with Gasteiger partial charge in [-0.15, -0.1) is 0 Å². The Morgan fingerprint density at radius 1 is 0.263 bits per heavy atom. The molecular formula is C56H37N. The van der Waals surface area contributed by atoms with E-state index in [0.717, 1.165) is 17.1 Å². The number of rotatable bonds is 5. The van der Waals surface area contributed by atoms with Crippen LogP contribution in [-0.2, 0) is 10.8 Å². The molecule has 3 aliphatic carbocycles. The zero-order chi connectivity index (χ0) is 37.6. The lowest BCUT2D eigenvalue weighted by Gasteiger charge is -2.35. The SMILES string of the molecule is c1ccc(N(c2ccc3c(c2)C2(c4ccccc4-c4ccccc42)c2ccccc2-3)c2cccc3c2-c2ccccc2C3(c2ccccc2)c2ccccc2)cc1. The van der Waals surface area contributed by atoms with Crippen LogP contribution in [0.4, 0.5) is 17.1 Å². The second kappa shape index (κ2) is 12.1. The van der Waals surface area contributed by atoms with Crippen molar-refractivity contribution in [1.82, 2.24) is 0 Å². The number of benzene rings is 9. The maximum Gasteiger partial charge on any atom is 0.0726 e. The summed E-state index contributed by atoms with van der Waals surface area (Å²) in [7, 11) is 0. The molecule has 0 amide bonds. The van der Waals surface area contributed by atoms with E-state index >= 15 is 0 Å². The molecule has 1 nitrogen and oxygen atoms in total. The van der Waals surface area contributed by atoms with E-state index in [4.69, 9.17) is 0 Å². The molecule has 0 unspecified atom stereocenters. The predicted octanol–water partition coefficient (Wildman–Crippen LogP) is 13.9. The topological polar surface area (TPSA) is 3.24 Å². The summed E-state index contributed by atoms with van der Waals surface area (Å²) in [4.78, 5) is 2.51. The fraction of sp³-hybridized carbons (Fsp3) is 0.0357. The highest BCUT2D eigenvalue weighted by Crippen LogP contribution is 2.64. The highest BCUT2D eigenvalue weighted by atomic mass is 15.1. The summed E-state index contributed by atoms with van der Waals surface area (Å²) in [6.45, 7) is 0. The van der Waals surface area contributed by atoms with Crippen molar-refractivity contribution in [3.05, 3.63) is 269 Å². The molecule has 0 saturated heterocycles. The van der Waals surface area contributed by atoms with Gasteiger partial charge in [-0.25, -0.2) is 0 Å². The second-order valence-corrected chi connectivity index (χ2v) is 15.5. The van der Waals surface area contributed by atoms with E-state index in [1.54, 1.807) is 0 Å². The van der Waals surface area contributed by atoms with Crippen LogP contribution in [0.3, 0.4) is 0 Å². The lowest BCUT2D eigenvalue weighted by molar-refractivity contribution is 0.768. The largest absolute Gasteiger partial charge is 0.310 e. The van der Waals surface area contributed by atoms with Gasteiger partial charge in [-0.2, -0.15) is 0 Å². The molecule has 1 spiro atoms. The first-order chi connectivity index (χ1) is 28.3. The summed E-state index contributed by atoms with van der Waals surface area (Å²) < 4.78 is 0. The zero-order valence-corrected chi connectivity index (χ0v) is 31.3. The fourth-order valence-corrected chi connectivity index (χ4v) is 10.9. The third-order valence-electron chi connectivity index (χ3n) is 13.0. The van der Waals surface area contributed by atoms with Gasteiger partial charge >= 0.3 is 0 Å². The summed E-state index contributed by atoms with van der Waals surface area (Å²) in [5, 5.41) is 0. The molecule has 0 heterocycles. The summed E-state index contributed by atoms with van der Waals surface area (Å²) in [5.74, 6) is 0. The van der Waals surface area contributed by atoms with Crippen molar-refractivity contribution in [2.75, 3.05) is 4.90 Å². The van der Waals surface area contributed by atoms with E-state index in [2.05, 4.69) is 229 Å². The first-order valence-corrected chi connectivity index (χ1v) is 19.9. The number of para-hydroxylation sites is 1. The minimum Gasteiger partial charge on any atom is -0.310 e. The maximum absolute atomic E-state index is 2.51. The quantitative estimate of drug-likeness (QED) is 0.171. The first-order valence-electron chi connectivity index (χ1n) is 19.9. The maximum atomic E-state index is 2.51. The van der Waals surface area contributed by atoms with Crippen molar-refractivity contribution < 1.29 is 0 Å². The normalized spacial score (nSPS) is 14.2. The summed E-state index contributed by atoms with van der Waals surface area (Å²) in [6, 6.07) is 83.5. The molecular weight excluding hydrogens is 687 g/mol. The van der Waals surface area contributed by atoms with Crippen LogP contribution in [0.5, 0.6) is 0 Å². The lowest BCUT2D eigenvalue weighted by atomic mass is 9.68. The fourth-order valence-electron chi connectivity index (χ4n) is 10.9. The van der Waals surface area contributed by atoms with Gasteiger partial charge in [0.25, 0.3) is 0 Å². The molecule has 0 bridgehead atoms. The molecule has 0 atom stereocenters. The minimum atomic E-state index is -0.492. The molecule has 9 aromatic rings. The van der Waals surface area contributed by atoms with Gasteiger partial charge in [-0.05, 0) is 103 Å². The van der Waals surface area contributed by atoms with E-state index in [1.807, 2.05) is 0 Å². The van der Waals surface area contributed by atoms with Gasteiger partial charge < -0.3 is 4.90 Å². The summed E-state index contributed by atoms with van der Waals surface area (Å²) in [6.07, 6.45) is 0. The lowest BCUT2D eigenvalue weighted by Crippen LogP contribution is -2.28. The van der Waals surface area contributed by atoms with Crippen LogP contribution in [0.2, 0.25) is 0 Å². The highest BCUT2D eigenvalue weighted by Gasteiger charge is 2.52. The molecule has 0 fully saturated rings. The Morgan fingerprint density at radius 3 is 1.23 bits per heavy atom. The van der Waals surface area contributed by atoms with Crippen molar-refractivity contribution in [2.45, 2.75) is 10.8 Å². The summed E-state index contributed by atoms with van der Waals surface area (Å²) in [5.41, 5.74) is 20.8. The first kappa shape index (κ1) is 32.1. The second-order valence-electron chi connectivity index (χ2n) is 15.5. The highest BCUT2D eigenvalue weighted by molar-refractivity contribution is 6.00. The molecule has 0 radical (unpaired) electrons. The van der Waals surface area contributed by atoms with Crippen molar-refractivity contribution in [3.8, 4) is 33.4 Å². The Balaban J connectivity index is 1.16. The molecule has 0 N–H and O–H groups in total. The van der Waals surface area contributed by atoms with Gasteiger partial charge in [-0.1, -0.05) is 194 Å². The van der Waals surface area contributed by atoms with Crippen LogP contribution in [0.1, 0.15) is 44.5 Å². The Kier molecular flexibility index (Phi) is 6.83. The van der Waals surface area contributed by atoms with Crippen LogP contribution in [0.15, 0.2) is 224 Å². The Morgan fingerprint density at radius 2 is 0.684 bits per heavy atom. The van der Waals surface area contributed by atoms with E-state index < -0.39 is 10.8 Å². The van der Waals surface area contributed by atoms with E-state index in [0.29, 0.717) is 0 Å².